The molecule has 1 heterocycles. The number of carbonyl (C=O) groups is 1. The first-order chi connectivity index (χ1) is 10.8. The van der Waals surface area contributed by atoms with Crippen LogP contribution in [0.25, 0.3) is 0 Å². The normalized spacial score (nSPS) is 18.0. The van der Waals surface area contributed by atoms with Crippen molar-refractivity contribution < 1.29 is 9.53 Å². The quantitative estimate of drug-likeness (QED) is 0.776. The van der Waals surface area contributed by atoms with Gasteiger partial charge in [0.25, 0.3) is 0 Å². The summed E-state index contributed by atoms with van der Waals surface area (Å²) in [5.41, 5.74) is 1.25. The topological polar surface area (TPSA) is 50.4 Å². The van der Waals surface area contributed by atoms with Crippen LogP contribution >= 0.6 is 0 Å². The van der Waals surface area contributed by atoms with Crippen molar-refractivity contribution in [2.24, 2.45) is 5.92 Å². The summed E-state index contributed by atoms with van der Waals surface area (Å²) in [6, 6.07) is 8.06. The molecule has 0 aliphatic carbocycles. The summed E-state index contributed by atoms with van der Waals surface area (Å²) in [5, 5.41) is 6.46. The maximum atomic E-state index is 11.8. The highest BCUT2D eigenvalue weighted by Gasteiger charge is 2.12. The molecule has 0 saturated carbocycles. The fourth-order valence-corrected chi connectivity index (χ4v) is 2.92. The second-order valence-electron chi connectivity index (χ2n) is 6.05. The number of nitrogens with one attached hydrogen (secondary N) is 2. The van der Waals surface area contributed by atoms with E-state index in [0.29, 0.717) is 6.42 Å². The minimum Gasteiger partial charge on any atom is -0.497 e. The molecule has 1 saturated heterocycles. The molecule has 1 amide bonds. The van der Waals surface area contributed by atoms with Crippen LogP contribution in [0.4, 0.5) is 0 Å². The van der Waals surface area contributed by atoms with Gasteiger partial charge in [0.1, 0.15) is 5.75 Å². The van der Waals surface area contributed by atoms with E-state index in [9.17, 15) is 4.79 Å². The first kappa shape index (κ1) is 16.8. The van der Waals surface area contributed by atoms with E-state index in [1.54, 1.807) is 7.11 Å². The van der Waals surface area contributed by atoms with Crippen molar-refractivity contribution in [3.05, 3.63) is 29.8 Å². The van der Waals surface area contributed by atoms with E-state index < -0.39 is 0 Å². The summed E-state index contributed by atoms with van der Waals surface area (Å²) in [7, 11) is 1.67. The van der Waals surface area contributed by atoms with Crippen LogP contribution in [0, 0.1) is 5.92 Å². The van der Waals surface area contributed by atoms with Gasteiger partial charge in [-0.25, -0.2) is 0 Å². The maximum Gasteiger partial charge on any atom is 0.220 e. The number of rotatable bonds is 8. The number of ether oxygens (including phenoxy) is 1. The van der Waals surface area contributed by atoms with Gasteiger partial charge in [0.2, 0.25) is 5.91 Å². The molecule has 4 heteroatoms. The van der Waals surface area contributed by atoms with Crippen LogP contribution in [0.3, 0.4) is 0 Å². The lowest BCUT2D eigenvalue weighted by Gasteiger charge is -2.22. The fourth-order valence-electron chi connectivity index (χ4n) is 2.92. The summed E-state index contributed by atoms with van der Waals surface area (Å²) in [4.78, 5) is 11.8. The molecule has 0 aromatic heterocycles. The Kier molecular flexibility index (Phi) is 7.23. The number of carbonyl (C=O) groups excluding carboxylic acids is 1. The zero-order chi connectivity index (χ0) is 15.6. The zero-order valence-corrected chi connectivity index (χ0v) is 13.6. The van der Waals surface area contributed by atoms with E-state index >= 15 is 0 Å². The summed E-state index contributed by atoms with van der Waals surface area (Å²) >= 11 is 0. The highest BCUT2D eigenvalue weighted by molar-refractivity contribution is 5.75. The second-order valence-corrected chi connectivity index (χ2v) is 6.05. The molecule has 22 heavy (non-hydrogen) atoms. The van der Waals surface area contributed by atoms with Crippen molar-refractivity contribution in [3.63, 3.8) is 0 Å². The van der Waals surface area contributed by atoms with E-state index in [1.165, 1.54) is 18.4 Å². The lowest BCUT2D eigenvalue weighted by molar-refractivity contribution is -0.121. The number of amides is 1. The predicted octanol–water partition coefficient (Wildman–Crippen LogP) is 2.52. The molecule has 4 nitrogen and oxygen atoms in total. The van der Waals surface area contributed by atoms with Gasteiger partial charge in [0.15, 0.2) is 0 Å². The smallest absolute Gasteiger partial charge is 0.220 e. The first-order valence-corrected chi connectivity index (χ1v) is 8.38. The Morgan fingerprint density at radius 1 is 1.36 bits per heavy atom. The molecular weight excluding hydrogens is 276 g/mol. The van der Waals surface area contributed by atoms with E-state index in [-0.39, 0.29) is 5.91 Å². The Morgan fingerprint density at radius 3 is 2.86 bits per heavy atom. The number of benzene rings is 1. The van der Waals surface area contributed by atoms with Crippen LogP contribution in [0.5, 0.6) is 5.75 Å². The molecule has 122 valence electrons. The van der Waals surface area contributed by atoms with Crippen LogP contribution in [-0.2, 0) is 11.2 Å². The Hall–Kier alpha value is -1.55. The van der Waals surface area contributed by atoms with Gasteiger partial charge in [0, 0.05) is 13.0 Å². The highest BCUT2D eigenvalue weighted by Crippen LogP contribution is 2.14. The zero-order valence-electron chi connectivity index (χ0n) is 13.6. The first-order valence-electron chi connectivity index (χ1n) is 8.38. The third-order valence-corrected chi connectivity index (χ3v) is 4.30. The molecule has 0 spiro atoms. The fraction of sp³-hybridized carbons (Fsp3) is 0.611. The molecule has 1 atom stereocenters. The minimum absolute atomic E-state index is 0.178. The van der Waals surface area contributed by atoms with Gasteiger partial charge in [-0.2, -0.15) is 0 Å². The Labute approximate surface area is 133 Å². The molecule has 1 aliphatic rings. The Balaban J connectivity index is 1.55. The second kappa shape index (κ2) is 9.46. The van der Waals surface area contributed by atoms with Gasteiger partial charge in [-0.1, -0.05) is 12.1 Å². The Morgan fingerprint density at radius 2 is 2.18 bits per heavy atom. The third-order valence-electron chi connectivity index (χ3n) is 4.30. The number of piperidine rings is 1. The van der Waals surface area contributed by atoms with Crippen LogP contribution in [-0.4, -0.2) is 32.7 Å². The van der Waals surface area contributed by atoms with Gasteiger partial charge < -0.3 is 15.4 Å². The average molecular weight is 304 g/mol. The van der Waals surface area contributed by atoms with Crippen molar-refractivity contribution in [2.75, 3.05) is 26.7 Å². The predicted molar refractivity (Wildman–Crippen MR) is 89.2 cm³/mol. The summed E-state index contributed by atoms with van der Waals surface area (Å²) in [6.07, 6.45) is 6.08. The average Bonchev–Trinajstić information content (AvgIpc) is 2.56. The lowest BCUT2D eigenvalue weighted by atomic mass is 9.96. The SMILES string of the molecule is COc1ccc(CCCC(=O)NCCC2CCCNC2)cc1. The van der Waals surface area contributed by atoms with Crippen LogP contribution in [0.2, 0.25) is 0 Å². The monoisotopic (exact) mass is 304 g/mol. The van der Waals surface area contributed by atoms with Crippen molar-refractivity contribution in [2.45, 2.75) is 38.5 Å². The van der Waals surface area contributed by atoms with Gasteiger partial charge in [-0.3, -0.25) is 4.79 Å². The van der Waals surface area contributed by atoms with Gasteiger partial charge in [-0.05, 0) is 68.8 Å². The van der Waals surface area contributed by atoms with E-state index in [2.05, 4.69) is 22.8 Å². The van der Waals surface area contributed by atoms with Crippen molar-refractivity contribution >= 4 is 5.91 Å². The van der Waals surface area contributed by atoms with Crippen LogP contribution < -0.4 is 15.4 Å². The number of hydrogen-bond donors (Lipinski definition) is 2. The molecule has 1 aromatic rings. The molecule has 2 rings (SSSR count). The third kappa shape index (κ3) is 6.06. The molecule has 1 unspecified atom stereocenters. The van der Waals surface area contributed by atoms with E-state index in [0.717, 1.165) is 50.6 Å². The summed E-state index contributed by atoms with van der Waals surface area (Å²) in [6.45, 7) is 3.06. The molecule has 0 radical (unpaired) electrons. The number of methoxy groups -OCH3 is 1. The summed E-state index contributed by atoms with van der Waals surface area (Å²) in [5.74, 6) is 1.78. The number of aryl methyl sites for hydroxylation is 1. The van der Waals surface area contributed by atoms with Crippen molar-refractivity contribution in [3.8, 4) is 5.75 Å². The van der Waals surface area contributed by atoms with Gasteiger partial charge in [0.05, 0.1) is 7.11 Å². The highest BCUT2D eigenvalue weighted by atomic mass is 16.5. The minimum atomic E-state index is 0.178. The van der Waals surface area contributed by atoms with Gasteiger partial charge >= 0.3 is 0 Å². The molecule has 1 aromatic carbocycles. The van der Waals surface area contributed by atoms with E-state index in [4.69, 9.17) is 4.74 Å². The summed E-state index contributed by atoms with van der Waals surface area (Å²) < 4.78 is 5.14. The molecule has 0 bridgehead atoms. The molecule has 1 fully saturated rings. The Bertz CT molecular complexity index is 439. The standard InChI is InChI=1S/C18H28N2O2/c1-22-17-9-7-15(8-10-17)4-2-6-18(21)20-13-11-16-5-3-12-19-14-16/h7-10,16,19H,2-6,11-14H2,1H3,(H,20,21). The van der Waals surface area contributed by atoms with Crippen molar-refractivity contribution in [1.82, 2.24) is 10.6 Å². The molecular formula is C18H28N2O2. The van der Waals surface area contributed by atoms with Crippen molar-refractivity contribution in [1.29, 1.82) is 0 Å². The van der Waals surface area contributed by atoms with Gasteiger partial charge in [-0.15, -0.1) is 0 Å². The van der Waals surface area contributed by atoms with Crippen LogP contribution in [0.1, 0.15) is 37.7 Å². The maximum absolute atomic E-state index is 11.8. The molecule has 1 aliphatic heterocycles. The number of hydrogen-bond acceptors (Lipinski definition) is 3. The lowest BCUT2D eigenvalue weighted by Crippen LogP contribution is -2.33. The molecule has 2 N–H and O–H groups in total. The van der Waals surface area contributed by atoms with Crippen LogP contribution in [0.15, 0.2) is 24.3 Å². The largest absolute Gasteiger partial charge is 0.497 e. The van der Waals surface area contributed by atoms with E-state index in [1.807, 2.05) is 12.1 Å².